The molecule has 0 aliphatic rings. The topological polar surface area (TPSA) is 68.7 Å². The lowest BCUT2D eigenvalue weighted by molar-refractivity contribution is -0.138. The van der Waals surface area contributed by atoms with Crippen molar-refractivity contribution in [1.29, 1.82) is 0 Å². The summed E-state index contributed by atoms with van der Waals surface area (Å²) in [7, 11) is 1.61. The third-order valence-corrected chi connectivity index (χ3v) is 6.77. The molecule has 0 unspecified atom stereocenters. The first-order valence-corrected chi connectivity index (χ1v) is 11.3. The molecule has 0 aliphatic heterocycles. The molecule has 2 aromatic carbocycles. The van der Waals surface area contributed by atoms with Crippen LogP contribution in [-0.2, 0) is 11.2 Å². The normalized spacial score (nSPS) is 11.3. The van der Waals surface area contributed by atoms with Crippen LogP contribution in [0.3, 0.4) is 0 Å². The first-order chi connectivity index (χ1) is 14.3. The number of rotatable bonds is 9. The van der Waals surface area contributed by atoms with Gasteiger partial charge < -0.3 is 14.6 Å². The van der Waals surface area contributed by atoms with Gasteiger partial charge >= 0.3 is 5.97 Å². The lowest BCUT2D eigenvalue weighted by Gasteiger charge is -2.15. The van der Waals surface area contributed by atoms with Crippen LogP contribution in [0.4, 0.5) is 0 Å². The summed E-state index contributed by atoms with van der Waals surface area (Å²) in [5.74, 6) is 0.453. The fourth-order valence-corrected chi connectivity index (χ4v) is 4.94. The van der Waals surface area contributed by atoms with Crippen LogP contribution in [0.25, 0.3) is 11.1 Å². The Morgan fingerprint density at radius 2 is 1.87 bits per heavy atom. The number of aromatic nitrogens is 1. The third-order valence-electron chi connectivity index (χ3n) is 4.35. The van der Waals surface area contributed by atoms with Crippen molar-refractivity contribution >= 4 is 40.7 Å². The maximum absolute atomic E-state index is 11.3. The fraction of sp³-hybridized carbons (Fsp3) is 0.273. The van der Waals surface area contributed by atoms with Crippen LogP contribution < -0.4 is 9.47 Å². The lowest BCUT2D eigenvalue weighted by Crippen LogP contribution is -2.26. The van der Waals surface area contributed by atoms with Crippen molar-refractivity contribution in [3.05, 3.63) is 58.6 Å². The van der Waals surface area contributed by atoms with E-state index in [9.17, 15) is 9.90 Å². The van der Waals surface area contributed by atoms with E-state index in [1.54, 1.807) is 21.0 Å². The van der Waals surface area contributed by atoms with Crippen molar-refractivity contribution in [2.24, 2.45) is 0 Å². The van der Waals surface area contributed by atoms with Crippen molar-refractivity contribution in [2.45, 2.75) is 29.4 Å². The Kier molecular flexibility index (Phi) is 7.28. The van der Waals surface area contributed by atoms with Gasteiger partial charge in [-0.05, 0) is 49.2 Å². The van der Waals surface area contributed by atoms with Crippen LogP contribution in [0.1, 0.15) is 19.5 Å². The zero-order valence-electron chi connectivity index (χ0n) is 16.8. The average molecular weight is 464 g/mol. The second-order valence-electron chi connectivity index (χ2n) is 6.99. The number of ether oxygens (including phenoxy) is 2. The van der Waals surface area contributed by atoms with Gasteiger partial charge in [-0.2, -0.15) is 0 Å². The fourth-order valence-electron chi connectivity index (χ4n) is 2.59. The number of thioether (sulfide) groups is 1. The van der Waals surface area contributed by atoms with Crippen LogP contribution in [0.15, 0.2) is 52.2 Å². The number of thiazole rings is 1. The summed E-state index contributed by atoms with van der Waals surface area (Å²) in [4.78, 5) is 15.8. The highest BCUT2D eigenvalue weighted by Gasteiger charge is 2.29. The highest BCUT2D eigenvalue weighted by Crippen LogP contribution is 2.35. The number of hydrogen-bond donors (Lipinski definition) is 1. The van der Waals surface area contributed by atoms with Gasteiger partial charge in [-0.1, -0.05) is 41.6 Å². The molecule has 0 saturated heterocycles. The summed E-state index contributed by atoms with van der Waals surface area (Å²) in [6, 6.07) is 13.4. The number of methoxy groups -OCH3 is 1. The minimum absolute atomic E-state index is 0.437. The molecule has 1 aromatic heterocycles. The summed E-state index contributed by atoms with van der Waals surface area (Å²) in [5, 5.41) is 11.9. The van der Waals surface area contributed by atoms with Gasteiger partial charge in [0.25, 0.3) is 0 Å². The highest BCUT2D eigenvalue weighted by atomic mass is 35.5. The molecule has 0 radical (unpaired) electrons. The second kappa shape index (κ2) is 9.73. The quantitative estimate of drug-likeness (QED) is 0.389. The number of carboxylic acid groups (broad SMARTS) is 1. The van der Waals surface area contributed by atoms with Crippen LogP contribution in [0.5, 0.6) is 11.5 Å². The number of aliphatic carboxylic acids is 1. The van der Waals surface area contributed by atoms with E-state index in [-0.39, 0.29) is 0 Å². The van der Waals surface area contributed by atoms with E-state index in [1.807, 2.05) is 47.8 Å². The van der Waals surface area contributed by atoms with Gasteiger partial charge in [0.2, 0.25) is 0 Å². The molecule has 3 rings (SSSR count). The first-order valence-electron chi connectivity index (χ1n) is 9.22. The molecule has 0 spiro atoms. The van der Waals surface area contributed by atoms with E-state index >= 15 is 0 Å². The van der Waals surface area contributed by atoms with Crippen molar-refractivity contribution in [3.63, 3.8) is 0 Å². The van der Waals surface area contributed by atoms with Crippen molar-refractivity contribution < 1.29 is 19.4 Å². The molecule has 8 heteroatoms. The molecule has 5 nitrogen and oxygen atoms in total. The van der Waals surface area contributed by atoms with Crippen LogP contribution >= 0.6 is 34.7 Å². The minimum atomic E-state index is -0.912. The number of carboxylic acids is 1. The molecule has 0 atom stereocenters. The predicted octanol–water partition coefficient (Wildman–Crippen LogP) is 6.05. The highest BCUT2D eigenvalue weighted by molar-refractivity contribution is 8.02. The monoisotopic (exact) mass is 463 g/mol. The Labute approximate surface area is 189 Å². The first kappa shape index (κ1) is 22.5. The zero-order valence-corrected chi connectivity index (χ0v) is 19.2. The van der Waals surface area contributed by atoms with Gasteiger partial charge in [0, 0.05) is 16.8 Å². The van der Waals surface area contributed by atoms with Gasteiger partial charge in [0.1, 0.15) is 4.75 Å². The van der Waals surface area contributed by atoms with Gasteiger partial charge in [-0.3, -0.25) is 4.79 Å². The Balaban J connectivity index is 1.61. The maximum atomic E-state index is 11.3. The molecule has 158 valence electrons. The van der Waals surface area contributed by atoms with Crippen LogP contribution in [0.2, 0.25) is 5.02 Å². The molecule has 0 saturated carbocycles. The zero-order chi connectivity index (χ0) is 21.7. The summed E-state index contributed by atoms with van der Waals surface area (Å²) >= 11 is 8.66. The van der Waals surface area contributed by atoms with E-state index in [1.165, 1.54) is 23.1 Å². The van der Waals surface area contributed by atoms with Crippen molar-refractivity contribution in [2.75, 3.05) is 13.7 Å². The largest absolute Gasteiger partial charge is 0.493 e. The SMILES string of the molecule is COc1cc(-c2ccc(Cl)cc2)ccc1OCCc1csc(SC(C)(C)C(=O)O)n1. The number of nitrogens with zero attached hydrogens (tertiary/aromatic N) is 1. The molecular formula is C22H22ClNO4S2. The smallest absolute Gasteiger partial charge is 0.319 e. The van der Waals surface area contributed by atoms with Crippen LogP contribution in [0, 0.1) is 0 Å². The van der Waals surface area contributed by atoms with E-state index in [0.717, 1.165) is 21.2 Å². The lowest BCUT2D eigenvalue weighted by atomic mass is 10.1. The van der Waals surface area contributed by atoms with E-state index in [2.05, 4.69) is 4.98 Å². The summed E-state index contributed by atoms with van der Waals surface area (Å²) in [6.45, 7) is 3.78. The number of hydrogen-bond acceptors (Lipinski definition) is 6. The molecule has 30 heavy (non-hydrogen) atoms. The predicted molar refractivity (Wildman–Crippen MR) is 122 cm³/mol. The summed E-state index contributed by atoms with van der Waals surface area (Å²) in [5.41, 5.74) is 2.93. The van der Waals surface area contributed by atoms with Gasteiger partial charge in [0.15, 0.2) is 15.8 Å². The number of benzene rings is 2. The summed E-state index contributed by atoms with van der Waals surface area (Å²) < 4.78 is 11.2. The molecule has 0 aliphatic carbocycles. The Bertz CT molecular complexity index is 1020. The average Bonchev–Trinajstić information content (AvgIpc) is 3.15. The number of halogens is 1. The van der Waals surface area contributed by atoms with Crippen molar-refractivity contribution in [3.8, 4) is 22.6 Å². The van der Waals surface area contributed by atoms with E-state index < -0.39 is 10.7 Å². The molecule has 0 amide bonds. The Hall–Kier alpha value is -2.22. The molecule has 3 aromatic rings. The molecule has 0 fully saturated rings. The molecule has 1 heterocycles. The van der Waals surface area contributed by atoms with Crippen LogP contribution in [-0.4, -0.2) is 34.5 Å². The summed E-state index contributed by atoms with van der Waals surface area (Å²) in [6.07, 6.45) is 0.618. The molecular weight excluding hydrogens is 442 g/mol. The second-order valence-corrected chi connectivity index (χ2v) is 10.2. The van der Waals surface area contributed by atoms with Crippen molar-refractivity contribution in [1.82, 2.24) is 4.98 Å². The standard InChI is InChI=1S/C22H22ClNO4S2/c1-22(2,20(25)26)30-21-24-17(13-29-21)10-11-28-18-9-6-15(12-19(18)27-3)14-4-7-16(23)8-5-14/h4-9,12-13H,10-11H2,1-3H3,(H,25,26). The van der Waals surface area contributed by atoms with E-state index in [4.69, 9.17) is 21.1 Å². The maximum Gasteiger partial charge on any atom is 0.319 e. The minimum Gasteiger partial charge on any atom is -0.493 e. The number of carbonyl (C=O) groups is 1. The van der Waals surface area contributed by atoms with E-state index in [0.29, 0.717) is 29.5 Å². The Morgan fingerprint density at radius 3 is 2.53 bits per heavy atom. The van der Waals surface area contributed by atoms with Gasteiger partial charge in [-0.25, -0.2) is 4.98 Å². The van der Waals surface area contributed by atoms with Gasteiger partial charge in [-0.15, -0.1) is 11.3 Å². The van der Waals surface area contributed by atoms with Gasteiger partial charge in [0.05, 0.1) is 19.4 Å². The molecule has 1 N–H and O–H groups in total. The Morgan fingerprint density at radius 1 is 1.17 bits per heavy atom. The third kappa shape index (κ3) is 5.68. The molecule has 0 bridgehead atoms.